The second-order valence-electron chi connectivity index (χ2n) is 8.07. The first-order valence-electron chi connectivity index (χ1n) is 10.4. The van der Waals surface area contributed by atoms with Gasteiger partial charge in [-0.15, -0.1) is 0 Å². The summed E-state index contributed by atoms with van der Waals surface area (Å²) >= 11 is 0. The molecule has 2 fully saturated rings. The van der Waals surface area contributed by atoms with E-state index < -0.39 is 0 Å². The molecule has 0 spiro atoms. The van der Waals surface area contributed by atoms with Crippen LogP contribution in [-0.4, -0.2) is 42.9 Å². The van der Waals surface area contributed by atoms with E-state index in [9.17, 15) is 9.59 Å². The van der Waals surface area contributed by atoms with Gasteiger partial charge in [0.05, 0.1) is 0 Å². The standard InChI is InChI=1S/C22H29NO4/c24-21(8-5-16-3-1-2-4-16)23-11-9-17(10-12-23)22(25)18-6-7-19-20(15-18)27-14-13-26-19/h6-7,15-17H,1-5,8-14H2. The lowest BCUT2D eigenvalue weighted by Gasteiger charge is -2.32. The van der Waals surface area contributed by atoms with E-state index in [1.807, 2.05) is 17.0 Å². The number of Topliss-reactive ketones (excluding diaryl/α,β-unsaturated/α-hetero) is 1. The van der Waals surface area contributed by atoms with E-state index in [4.69, 9.17) is 9.47 Å². The SMILES string of the molecule is O=C(c1ccc2c(c1)OCCO2)C1CCN(C(=O)CCC2CCCC2)CC1. The van der Waals surface area contributed by atoms with Crippen molar-refractivity contribution in [3.63, 3.8) is 0 Å². The van der Waals surface area contributed by atoms with Crippen molar-refractivity contribution >= 4 is 11.7 Å². The largest absolute Gasteiger partial charge is 0.486 e. The number of ketones is 1. The minimum absolute atomic E-state index is 0.00792. The third-order valence-corrected chi connectivity index (χ3v) is 6.29. The fraction of sp³-hybridized carbons (Fsp3) is 0.636. The van der Waals surface area contributed by atoms with Crippen molar-refractivity contribution in [1.82, 2.24) is 4.90 Å². The summed E-state index contributed by atoms with van der Waals surface area (Å²) in [6.45, 7) is 2.47. The number of likely N-dealkylation sites (tertiary alicyclic amines) is 1. The van der Waals surface area contributed by atoms with Gasteiger partial charge < -0.3 is 14.4 Å². The van der Waals surface area contributed by atoms with E-state index >= 15 is 0 Å². The molecule has 0 atom stereocenters. The van der Waals surface area contributed by atoms with Crippen LogP contribution in [0.4, 0.5) is 0 Å². The molecule has 1 aliphatic carbocycles. The maximum atomic E-state index is 12.9. The number of amides is 1. The molecule has 1 saturated carbocycles. The Morgan fingerprint density at radius 2 is 1.67 bits per heavy atom. The zero-order valence-electron chi connectivity index (χ0n) is 16.0. The average molecular weight is 371 g/mol. The Kier molecular flexibility index (Phi) is 5.65. The van der Waals surface area contributed by atoms with Gasteiger partial charge in [0.15, 0.2) is 17.3 Å². The van der Waals surface area contributed by atoms with Gasteiger partial charge in [-0.1, -0.05) is 25.7 Å². The Bertz CT molecular complexity index is 688. The molecule has 0 N–H and O–H groups in total. The first kappa shape index (κ1) is 18.3. The lowest BCUT2D eigenvalue weighted by molar-refractivity contribution is -0.132. The molecule has 1 amide bonds. The van der Waals surface area contributed by atoms with Crippen LogP contribution in [0.1, 0.15) is 61.7 Å². The fourth-order valence-electron chi connectivity index (χ4n) is 4.61. The Hall–Kier alpha value is -2.04. The lowest BCUT2D eigenvalue weighted by atomic mass is 9.88. The molecule has 5 heteroatoms. The summed E-state index contributed by atoms with van der Waals surface area (Å²) in [4.78, 5) is 27.3. The monoisotopic (exact) mass is 371 g/mol. The van der Waals surface area contributed by atoms with Crippen molar-refractivity contribution < 1.29 is 19.1 Å². The highest BCUT2D eigenvalue weighted by atomic mass is 16.6. The summed E-state index contributed by atoms with van der Waals surface area (Å²) in [7, 11) is 0. The van der Waals surface area contributed by atoms with Crippen molar-refractivity contribution in [2.75, 3.05) is 26.3 Å². The van der Waals surface area contributed by atoms with Crippen molar-refractivity contribution in [2.45, 2.75) is 51.4 Å². The normalized spacial score (nSPS) is 20.7. The molecule has 0 radical (unpaired) electrons. The number of carbonyl (C=O) groups excluding carboxylic acids is 2. The maximum absolute atomic E-state index is 12.9. The summed E-state index contributed by atoms with van der Waals surface area (Å²) in [5, 5.41) is 0. The van der Waals surface area contributed by atoms with Crippen LogP contribution in [-0.2, 0) is 4.79 Å². The number of hydrogen-bond donors (Lipinski definition) is 0. The minimum Gasteiger partial charge on any atom is -0.486 e. The number of benzene rings is 1. The van der Waals surface area contributed by atoms with Gasteiger partial charge in [0.25, 0.3) is 0 Å². The molecular formula is C22H29NO4. The van der Waals surface area contributed by atoms with E-state index in [1.54, 1.807) is 6.07 Å². The van der Waals surface area contributed by atoms with Gasteiger partial charge >= 0.3 is 0 Å². The molecule has 0 unspecified atom stereocenters. The molecule has 1 aromatic carbocycles. The average Bonchev–Trinajstić information content (AvgIpc) is 3.25. The van der Waals surface area contributed by atoms with Crippen LogP contribution >= 0.6 is 0 Å². The van der Waals surface area contributed by atoms with Crippen molar-refractivity contribution in [1.29, 1.82) is 0 Å². The van der Waals surface area contributed by atoms with Crippen molar-refractivity contribution in [3.05, 3.63) is 23.8 Å². The highest BCUT2D eigenvalue weighted by Crippen LogP contribution is 2.33. The van der Waals surface area contributed by atoms with Gasteiger partial charge in [0, 0.05) is 31.0 Å². The van der Waals surface area contributed by atoms with Crippen LogP contribution in [0.2, 0.25) is 0 Å². The predicted molar refractivity (Wildman–Crippen MR) is 102 cm³/mol. The van der Waals surface area contributed by atoms with Crippen LogP contribution in [0.15, 0.2) is 18.2 Å². The molecule has 2 aliphatic heterocycles. The molecule has 146 valence electrons. The van der Waals surface area contributed by atoms with E-state index in [-0.39, 0.29) is 17.6 Å². The number of piperidine rings is 1. The van der Waals surface area contributed by atoms with Crippen LogP contribution in [0.25, 0.3) is 0 Å². The number of nitrogens with zero attached hydrogens (tertiary/aromatic N) is 1. The van der Waals surface area contributed by atoms with Crippen LogP contribution < -0.4 is 9.47 Å². The molecule has 1 saturated heterocycles. The third-order valence-electron chi connectivity index (χ3n) is 6.29. The maximum Gasteiger partial charge on any atom is 0.222 e. The predicted octanol–water partition coefficient (Wildman–Crippen LogP) is 3.85. The Labute approximate surface area is 161 Å². The molecule has 3 aliphatic rings. The summed E-state index contributed by atoms with van der Waals surface area (Å²) in [5.41, 5.74) is 0.685. The smallest absolute Gasteiger partial charge is 0.222 e. The quantitative estimate of drug-likeness (QED) is 0.738. The van der Waals surface area contributed by atoms with Crippen molar-refractivity contribution in [2.24, 2.45) is 11.8 Å². The summed E-state index contributed by atoms with van der Waals surface area (Å²) in [5.74, 6) is 2.54. The first-order valence-corrected chi connectivity index (χ1v) is 10.4. The van der Waals surface area contributed by atoms with Gasteiger partial charge in [0.2, 0.25) is 5.91 Å². The molecule has 4 rings (SSSR count). The fourth-order valence-corrected chi connectivity index (χ4v) is 4.61. The summed E-state index contributed by atoms with van der Waals surface area (Å²) in [6, 6.07) is 5.45. The number of fused-ring (bicyclic) bond motifs is 1. The molecule has 27 heavy (non-hydrogen) atoms. The van der Waals surface area contributed by atoms with Crippen LogP contribution in [0.3, 0.4) is 0 Å². The van der Waals surface area contributed by atoms with E-state index in [1.165, 1.54) is 25.7 Å². The summed E-state index contributed by atoms with van der Waals surface area (Å²) < 4.78 is 11.1. The number of ether oxygens (including phenoxy) is 2. The molecule has 0 aromatic heterocycles. The van der Waals surface area contributed by atoms with Crippen molar-refractivity contribution in [3.8, 4) is 11.5 Å². The lowest BCUT2D eigenvalue weighted by Crippen LogP contribution is -2.40. The Balaban J connectivity index is 1.28. The zero-order chi connectivity index (χ0) is 18.6. The number of rotatable bonds is 5. The number of hydrogen-bond acceptors (Lipinski definition) is 4. The summed E-state index contributed by atoms with van der Waals surface area (Å²) in [6.07, 6.45) is 8.45. The van der Waals surface area contributed by atoms with Gasteiger partial charge in [-0.2, -0.15) is 0 Å². The zero-order valence-corrected chi connectivity index (χ0v) is 16.0. The topological polar surface area (TPSA) is 55.8 Å². The molecular weight excluding hydrogens is 342 g/mol. The molecule has 1 aromatic rings. The second kappa shape index (κ2) is 8.32. The van der Waals surface area contributed by atoms with Gasteiger partial charge in [0.1, 0.15) is 13.2 Å². The highest BCUT2D eigenvalue weighted by molar-refractivity contribution is 5.98. The second-order valence-corrected chi connectivity index (χ2v) is 8.07. The van der Waals surface area contributed by atoms with Crippen LogP contribution in [0, 0.1) is 11.8 Å². The van der Waals surface area contributed by atoms with Gasteiger partial charge in [-0.05, 0) is 43.4 Å². The van der Waals surface area contributed by atoms with E-state index in [0.717, 1.165) is 25.2 Å². The van der Waals surface area contributed by atoms with Gasteiger partial charge in [-0.25, -0.2) is 0 Å². The molecule has 5 nitrogen and oxygen atoms in total. The highest BCUT2D eigenvalue weighted by Gasteiger charge is 2.29. The molecule has 0 bridgehead atoms. The van der Waals surface area contributed by atoms with Crippen LogP contribution in [0.5, 0.6) is 11.5 Å². The van der Waals surface area contributed by atoms with Gasteiger partial charge in [-0.3, -0.25) is 9.59 Å². The Morgan fingerprint density at radius 1 is 0.963 bits per heavy atom. The molecule has 2 heterocycles. The van der Waals surface area contributed by atoms with E-state index in [2.05, 4.69) is 0 Å². The Morgan fingerprint density at radius 3 is 2.41 bits per heavy atom. The first-order chi connectivity index (χ1) is 13.2. The minimum atomic E-state index is -0.00792. The van der Waals surface area contributed by atoms with E-state index in [0.29, 0.717) is 49.8 Å². The third kappa shape index (κ3) is 4.28. The number of carbonyl (C=O) groups is 2.